The molecule has 0 spiro atoms. The van der Waals surface area contributed by atoms with Crippen LogP contribution in [0.25, 0.3) is 10.9 Å². The summed E-state index contributed by atoms with van der Waals surface area (Å²) in [6.07, 6.45) is 0. The molecule has 16 heavy (non-hydrogen) atoms. The quantitative estimate of drug-likeness (QED) is 0.679. The van der Waals surface area contributed by atoms with Crippen LogP contribution in [0.3, 0.4) is 0 Å². The fourth-order valence-electron chi connectivity index (χ4n) is 2.30. The number of aromatic nitrogens is 1. The summed E-state index contributed by atoms with van der Waals surface area (Å²) in [5.74, 6) is 0. The highest BCUT2D eigenvalue weighted by molar-refractivity contribution is 6.35. The van der Waals surface area contributed by atoms with Crippen molar-refractivity contribution < 1.29 is 0 Å². The van der Waals surface area contributed by atoms with E-state index in [1.165, 1.54) is 27.7 Å². The summed E-state index contributed by atoms with van der Waals surface area (Å²) in [6, 6.07) is 4.04. The van der Waals surface area contributed by atoms with Crippen molar-refractivity contribution in [1.29, 1.82) is 0 Å². The third kappa shape index (κ3) is 1.63. The lowest BCUT2D eigenvalue weighted by Crippen LogP contribution is -2.12. The van der Waals surface area contributed by atoms with Crippen molar-refractivity contribution in [3.63, 3.8) is 0 Å². The van der Waals surface area contributed by atoms with Crippen molar-refractivity contribution in [3.05, 3.63) is 34.0 Å². The Labute approximate surface area is 102 Å². The van der Waals surface area contributed by atoms with E-state index >= 15 is 0 Å². The van der Waals surface area contributed by atoms with E-state index in [9.17, 15) is 0 Å². The Morgan fingerprint density at radius 1 is 1.12 bits per heavy atom. The van der Waals surface area contributed by atoms with Crippen LogP contribution in [-0.2, 0) is 5.41 Å². The van der Waals surface area contributed by atoms with Gasteiger partial charge < -0.3 is 4.98 Å². The molecule has 0 aliphatic carbocycles. The molecular formula is C14H18ClN. The van der Waals surface area contributed by atoms with Gasteiger partial charge in [0.05, 0.1) is 10.5 Å². The molecule has 0 atom stereocenters. The lowest BCUT2D eigenvalue weighted by Gasteiger charge is -2.18. The molecule has 0 aliphatic heterocycles. The molecule has 0 aliphatic rings. The molecule has 0 bridgehead atoms. The van der Waals surface area contributed by atoms with Crippen LogP contribution in [0.1, 0.15) is 37.6 Å². The predicted molar refractivity (Wildman–Crippen MR) is 71.5 cm³/mol. The fourth-order valence-corrected chi connectivity index (χ4v) is 2.60. The van der Waals surface area contributed by atoms with Crippen molar-refractivity contribution in [3.8, 4) is 0 Å². The van der Waals surface area contributed by atoms with Gasteiger partial charge in [-0.2, -0.15) is 0 Å². The highest BCUT2D eigenvalue weighted by Gasteiger charge is 2.21. The molecule has 1 heterocycles. The Hall–Kier alpha value is -0.950. The van der Waals surface area contributed by atoms with Gasteiger partial charge in [0.15, 0.2) is 0 Å². The number of H-pyrrole nitrogens is 1. The largest absolute Gasteiger partial charge is 0.357 e. The first kappa shape index (κ1) is 11.5. The number of fused-ring (bicyclic) bond motifs is 1. The molecule has 0 saturated heterocycles. The standard InChI is InChI=1S/C14H18ClN/c1-8-6-7-10(15)11-9(2)13(14(3,4)5)16-12(8)11/h6-7,16H,1-5H3. The van der Waals surface area contributed by atoms with Gasteiger partial charge in [0, 0.05) is 16.5 Å². The van der Waals surface area contributed by atoms with E-state index in [2.05, 4.69) is 45.7 Å². The van der Waals surface area contributed by atoms with E-state index < -0.39 is 0 Å². The van der Waals surface area contributed by atoms with Gasteiger partial charge in [0.1, 0.15) is 0 Å². The molecule has 2 heteroatoms. The van der Waals surface area contributed by atoms with Crippen LogP contribution in [0.2, 0.25) is 5.02 Å². The molecule has 0 amide bonds. The molecule has 1 aromatic heterocycles. The highest BCUT2D eigenvalue weighted by atomic mass is 35.5. The van der Waals surface area contributed by atoms with Gasteiger partial charge in [-0.1, -0.05) is 38.4 Å². The van der Waals surface area contributed by atoms with Crippen LogP contribution in [0.15, 0.2) is 12.1 Å². The summed E-state index contributed by atoms with van der Waals surface area (Å²) in [5.41, 5.74) is 5.10. The normalized spacial score (nSPS) is 12.4. The van der Waals surface area contributed by atoms with Crippen molar-refractivity contribution in [2.45, 2.75) is 40.0 Å². The van der Waals surface area contributed by atoms with E-state index in [-0.39, 0.29) is 5.41 Å². The van der Waals surface area contributed by atoms with Crippen LogP contribution in [0.5, 0.6) is 0 Å². The number of halogens is 1. The third-order valence-electron chi connectivity index (χ3n) is 3.11. The van der Waals surface area contributed by atoms with Crippen LogP contribution in [0, 0.1) is 13.8 Å². The Bertz CT molecular complexity index is 544. The van der Waals surface area contributed by atoms with Crippen LogP contribution in [-0.4, -0.2) is 4.98 Å². The summed E-state index contributed by atoms with van der Waals surface area (Å²) in [7, 11) is 0. The van der Waals surface area contributed by atoms with Gasteiger partial charge >= 0.3 is 0 Å². The molecule has 0 fully saturated rings. The number of rotatable bonds is 0. The van der Waals surface area contributed by atoms with Crippen LogP contribution < -0.4 is 0 Å². The minimum atomic E-state index is 0.124. The molecule has 1 nitrogen and oxygen atoms in total. The van der Waals surface area contributed by atoms with Crippen LogP contribution in [0.4, 0.5) is 0 Å². The predicted octanol–water partition coefficient (Wildman–Crippen LogP) is 4.74. The van der Waals surface area contributed by atoms with Crippen LogP contribution >= 0.6 is 11.6 Å². The molecule has 0 saturated carbocycles. The summed E-state index contributed by atoms with van der Waals surface area (Å²) >= 11 is 6.28. The maximum absolute atomic E-state index is 6.28. The van der Waals surface area contributed by atoms with E-state index in [1.807, 2.05) is 6.07 Å². The van der Waals surface area contributed by atoms with Gasteiger partial charge in [-0.3, -0.25) is 0 Å². The van der Waals surface area contributed by atoms with Gasteiger partial charge in [-0.15, -0.1) is 0 Å². The average Bonchev–Trinajstić information content (AvgIpc) is 2.51. The number of aryl methyl sites for hydroxylation is 2. The first-order valence-corrected chi connectivity index (χ1v) is 5.98. The zero-order valence-electron chi connectivity index (χ0n) is 10.5. The summed E-state index contributed by atoms with van der Waals surface area (Å²) in [4.78, 5) is 3.53. The Kier molecular flexibility index (Phi) is 2.54. The molecule has 2 rings (SSSR count). The number of aromatic amines is 1. The van der Waals surface area contributed by atoms with Crippen molar-refractivity contribution >= 4 is 22.5 Å². The van der Waals surface area contributed by atoms with Gasteiger partial charge in [-0.25, -0.2) is 0 Å². The molecule has 0 radical (unpaired) electrons. The number of hydrogen-bond donors (Lipinski definition) is 1. The lowest BCUT2D eigenvalue weighted by molar-refractivity contribution is 0.570. The van der Waals surface area contributed by atoms with E-state index in [0.717, 1.165) is 5.02 Å². The van der Waals surface area contributed by atoms with Crippen molar-refractivity contribution in [2.24, 2.45) is 0 Å². The van der Waals surface area contributed by atoms with E-state index in [4.69, 9.17) is 11.6 Å². The van der Waals surface area contributed by atoms with Crippen molar-refractivity contribution in [2.75, 3.05) is 0 Å². The minimum absolute atomic E-state index is 0.124. The Balaban J connectivity index is 2.88. The highest BCUT2D eigenvalue weighted by Crippen LogP contribution is 2.35. The molecule has 1 N–H and O–H groups in total. The number of benzene rings is 1. The SMILES string of the molecule is Cc1ccc(Cl)c2c(C)c(C(C)(C)C)[nH]c12. The zero-order chi connectivity index (χ0) is 12.1. The maximum Gasteiger partial charge on any atom is 0.0503 e. The second-order valence-corrected chi connectivity index (χ2v) is 5.90. The zero-order valence-corrected chi connectivity index (χ0v) is 11.3. The second-order valence-electron chi connectivity index (χ2n) is 5.49. The molecule has 0 unspecified atom stereocenters. The number of hydrogen-bond acceptors (Lipinski definition) is 0. The lowest BCUT2D eigenvalue weighted by atomic mass is 9.89. The monoisotopic (exact) mass is 235 g/mol. The Morgan fingerprint density at radius 3 is 2.25 bits per heavy atom. The number of nitrogens with one attached hydrogen (secondary N) is 1. The van der Waals surface area contributed by atoms with Crippen molar-refractivity contribution in [1.82, 2.24) is 4.98 Å². The minimum Gasteiger partial charge on any atom is -0.357 e. The Morgan fingerprint density at radius 2 is 1.75 bits per heavy atom. The van der Waals surface area contributed by atoms with E-state index in [1.54, 1.807) is 0 Å². The summed E-state index contributed by atoms with van der Waals surface area (Å²) in [5, 5.41) is 2.01. The topological polar surface area (TPSA) is 15.8 Å². The average molecular weight is 236 g/mol. The van der Waals surface area contributed by atoms with E-state index in [0.29, 0.717) is 0 Å². The third-order valence-corrected chi connectivity index (χ3v) is 3.43. The second kappa shape index (κ2) is 3.53. The summed E-state index contributed by atoms with van der Waals surface area (Å²) in [6.45, 7) is 10.9. The summed E-state index contributed by atoms with van der Waals surface area (Å²) < 4.78 is 0. The molecule has 1 aromatic carbocycles. The molecule has 2 aromatic rings. The first-order valence-electron chi connectivity index (χ1n) is 5.60. The smallest absolute Gasteiger partial charge is 0.0503 e. The molecule has 86 valence electrons. The maximum atomic E-state index is 6.28. The molecular weight excluding hydrogens is 218 g/mol. The van der Waals surface area contributed by atoms with Gasteiger partial charge in [0.2, 0.25) is 0 Å². The fraction of sp³-hybridized carbons (Fsp3) is 0.429. The van der Waals surface area contributed by atoms with Gasteiger partial charge in [-0.05, 0) is 31.0 Å². The van der Waals surface area contributed by atoms with Gasteiger partial charge in [0.25, 0.3) is 0 Å². The first-order chi connectivity index (χ1) is 7.32.